The zero-order chi connectivity index (χ0) is 11.5. The van der Waals surface area contributed by atoms with E-state index in [1.807, 2.05) is 20.8 Å². The molecule has 0 aromatic rings. The van der Waals surface area contributed by atoms with Crippen LogP contribution in [-0.4, -0.2) is 35.8 Å². The molecule has 0 bridgehead atoms. The fourth-order valence-electron chi connectivity index (χ4n) is 1.55. The van der Waals surface area contributed by atoms with E-state index in [1.54, 1.807) is 0 Å². The third-order valence-electron chi connectivity index (χ3n) is 2.31. The summed E-state index contributed by atoms with van der Waals surface area (Å²) in [6, 6.07) is 0.0982. The topological polar surface area (TPSA) is 67.6 Å². The number of carbonyl (C=O) groups is 1. The van der Waals surface area contributed by atoms with Crippen molar-refractivity contribution < 1.29 is 9.53 Å². The Balaban J connectivity index is 2.44. The first kappa shape index (κ1) is 12.3. The van der Waals surface area contributed by atoms with E-state index in [9.17, 15) is 4.79 Å². The van der Waals surface area contributed by atoms with E-state index in [0.717, 1.165) is 25.9 Å². The van der Waals surface area contributed by atoms with E-state index in [1.165, 1.54) is 5.01 Å². The molecule has 5 nitrogen and oxygen atoms in total. The Morgan fingerprint density at radius 1 is 1.40 bits per heavy atom. The normalized spacial score (nSPS) is 18.7. The van der Waals surface area contributed by atoms with Crippen LogP contribution in [0.1, 0.15) is 33.6 Å². The van der Waals surface area contributed by atoms with Gasteiger partial charge >= 0.3 is 6.09 Å². The van der Waals surface area contributed by atoms with E-state index in [-0.39, 0.29) is 6.04 Å². The smallest absolute Gasteiger partial charge is 0.424 e. The molecule has 1 amide bonds. The third kappa shape index (κ3) is 4.05. The minimum atomic E-state index is -0.485. The average molecular weight is 215 g/mol. The standard InChI is InChI=1S/C10H21N3O2/c1-10(2,3)15-9(14)13(11)8-4-6-12-7-5-8/h8,12H,4-7,11H2,1-3H3. The second kappa shape index (κ2) is 4.81. The average Bonchev–Trinajstić information content (AvgIpc) is 2.15. The van der Waals surface area contributed by atoms with Crippen molar-refractivity contribution in [3.8, 4) is 0 Å². The zero-order valence-electron chi connectivity index (χ0n) is 9.75. The maximum absolute atomic E-state index is 11.6. The van der Waals surface area contributed by atoms with Crippen molar-refractivity contribution in [2.45, 2.75) is 45.3 Å². The van der Waals surface area contributed by atoms with Gasteiger partial charge in [0.2, 0.25) is 0 Å². The van der Waals surface area contributed by atoms with Gasteiger partial charge in [-0.25, -0.2) is 15.6 Å². The fraction of sp³-hybridized carbons (Fsp3) is 0.900. The van der Waals surface area contributed by atoms with Gasteiger partial charge in [0.15, 0.2) is 0 Å². The number of hydrazine groups is 1. The highest BCUT2D eigenvalue weighted by Crippen LogP contribution is 2.13. The highest BCUT2D eigenvalue weighted by atomic mass is 16.6. The van der Waals surface area contributed by atoms with E-state index < -0.39 is 11.7 Å². The van der Waals surface area contributed by atoms with Gasteiger partial charge in [-0.3, -0.25) is 0 Å². The van der Waals surface area contributed by atoms with Crippen LogP contribution < -0.4 is 11.2 Å². The largest absolute Gasteiger partial charge is 0.443 e. The van der Waals surface area contributed by atoms with E-state index in [4.69, 9.17) is 10.6 Å². The quantitative estimate of drug-likeness (QED) is 0.386. The molecule has 0 radical (unpaired) electrons. The predicted octanol–water partition coefficient (Wildman–Crippen LogP) is 0.849. The molecule has 3 N–H and O–H groups in total. The Labute approximate surface area is 90.9 Å². The number of ether oxygens (including phenoxy) is 1. The van der Waals surface area contributed by atoms with Crippen molar-refractivity contribution in [1.82, 2.24) is 10.3 Å². The van der Waals surface area contributed by atoms with Crippen LogP contribution in [0.2, 0.25) is 0 Å². The second-order valence-corrected chi connectivity index (χ2v) is 4.87. The molecular weight excluding hydrogens is 194 g/mol. The molecule has 1 rings (SSSR count). The highest BCUT2D eigenvalue weighted by Gasteiger charge is 2.26. The Morgan fingerprint density at radius 2 is 1.93 bits per heavy atom. The Bertz CT molecular complexity index is 219. The van der Waals surface area contributed by atoms with Gasteiger partial charge in [0, 0.05) is 0 Å². The van der Waals surface area contributed by atoms with Gasteiger partial charge in [0.25, 0.3) is 0 Å². The summed E-state index contributed by atoms with van der Waals surface area (Å²) >= 11 is 0. The first-order valence-electron chi connectivity index (χ1n) is 5.38. The molecule has 0 unspecified atom stereocenters. The first-order valence-corrected chi connectivity index (χ1v) is 5.38. The van der Waals surface area contributed by atoms with Crippen LogP contribution in [0.5, 0.6) is 0 Å². The number of nitrogens with two attached hydrogens (primary N) is 1. The van der Waals surface area contributed by atoms with Gasteiger partial charge in [0.1, 0.15) is 5.60 Å². The lowest BCUT2D eigenvalue weighted by molar-refractivity contribution is 0.0126. The summed E-state index contributed by atoms with van der Waals surface area (Å²) in [5.74, 6) is 5.73. The number of nitrogens with one attached hydrogen (secondary N) is 1. The number of carbonyl (C=O) groups excluding carboxylic acids is 1. The molecule has 0 aromatic carbocycles. The second-order valence-electron chi connectivity index (χ2n) is 4.87. The summed E-state index contributed by atoms with van der Waals surface area (Å²) in [4.78, 5) is 11.6. The molecule has 88 valence electrons. The molecule has 0 saturated carbocycles. The maximum Gasteiger partial charge on any atom is 0.424 e. The van der Waals surface area contributed by atoms with E-state index in [0.29, 0.717) is 0 Å². The summed E-state index contributed by atoms with van der Waals surface area (Å²) in [7, 11) is 0. The molecule has 1 aliphatic heterocycles. The van der Waals surface area contributed by atoms with Crippen LogP contribution >= 0.6 is 0 Å². The van der Waals surface area contributed by atoms with Crippen molar-refractivity contribution in [3.63, 3.8) is 0 Å². The molecule has 5 heteroatoms. The molecule has 1 aliphatic rings. The maximum atomic E-state index is 11.6. The van der Waals surface area contributed by atoms with Crippen LogP contribution in [0.4, 0.5) is 4.79 Å². The Morgan fingerprint density at radius 3 is 2.40 bits per heavy atom. The summed E-state index contributed by atoms with van der Waals surface area (Å²) in [6.07, 6.45) is 1.33. The lowest BCUT2D eigenvalue weighted by atomic mass is 10.1. The number of nitrogens with zero attached hydrogens (tertiary/aromatic N) is 1. The van der Waals surface area contributed by atoms with Crippen LogP contribution in [0.3, 0.4) is 0 Å². The number of piperidine rings is 1. The molecular formula is C10H21N3O2. The minimum absolute atomic E-state index is 0.0982. The van der Waals surface area contributed by atoms with Gasteiger partial charge in [-0.05, 0) is 46.7 Å². The van der Waals surface area contributed by atoms with Crippen LogP contribution in [-0.2, 0) is 4.74 Å². The van der Waals surface area contributed by atoms with Gasteiger partial charge < -0.3 is 10.1 Å². The third-order valence-corrected chi connectivity index (χ3v) is 2.31. The van der Waals surface area contributed by atoms with Gasteiger partial charge in [0.05, 0.1) is 6.04 Å². The molecule has 0 atom stereocenters. The molecule has 1 fully saturated rings. The Kier molecular flexibility index (Phi) is 3.93. The predicted molar refractivity (Wildman–Crippen MR) is 58.2 cm³/mol. The lowest BCUT2D eigenvalue weighted by Gasteiger charge is -2.32. The van der Waals surface area contributed by atoms with E-state index in [2.05, 4.69) is 5.32 Å². The van der Waals surface area contributed by atoms with E-state index >= 15 is 0 Å². The highest BCUT2D eigenvalue weighted by molar-refractivity contribution is 5.67. The van der Waals surface area contributed by atoms with Crippen molar-refractivity contribution in [2.24, 2.45) is 5.84 Å². The summed E-state index contributed by atoms with van der Waals surface area (Å²) in [5, 5.41) is 4.45. The van der Waals surface area contributed by atoms with Crippen molar-refractivity contribution >= 4 is 6.09 Å². The molecule has 1 saturated heterocycles. The summed E-state index contributed by atoms with van der Waals surface area (Å²) in [6.45, 7) is 7.31. The molecule has 0 aromatic heterocycles. The molecule has 1 heterocycles. The van der Waals surface area contributed by atoms with Crippen LogP contribution in [0.25, 0.3) is 0 Å². The molecule has 15 heavy (non-hydrogen) atoms. The lowest BCUT2D eigenvalue weighted by Crippen LogP contribution is -2.51. The van der Waals surface area contributed by atoms with Crippen molar-refractivity contribution in [1.29, 1.82) is 0 Å². The van der Waals surface area contributed by atoms with Crippen molar-refractivity contribution in [2.75, 3.05) is 13.1 Å². The van der Waals surface area contributed by atoms with Crippen LogP contribution in [0.15, 0.2) is 0 Å². The number of amides is 1. The van der Waals surface area contributed by atoms with Gasteiger partial charge in [-0.1, -0.05) is 0 Å². The Hall–Kier alpha value is -0.810. The zero-order valence-corrected chi connectivity index (χ0v) is 9.75. The molecule has 0 spiro atoms. The monoisotopic (exact) mass is 215 g/mol. The number of hydrogen-bond acceptors (Lipinski definition) is 4. The first-order chi connectivity index (χ1) is 6.90. The fourth-order valence-corrected chi connectivity index (χ4v) is 1.55. The van der Waals surface area contributed by atoms with Gasteiger partial charge in [-0.2, -0.15) is 0 Å². The van der Waals surface area contributed by atoms with Gasteiger partial charge in [-0.15, -0.1) is 0 Å². The summed E-state index contributed by atoms with van der Waals surface area (Å²) < 4.78 is 5.19. The van der Waals surface area contributed by atoms with Crippen molar-refractivity contribution in [3.05, 3.63) is 0 Å². The number of hydrogen-bond donors (Lipinski definition) is 2. The number of rotatable bonds is 1. The summed E-state index contributed by atoms with van der Waals surface area (Å²) in [5.41, 5.74) is -0.485. The van der Waals surface area contributed by atoms with Crippen LogP contribution in [0, 0.1) is 0 Å². The minimum Gasteiger partial charge on any atom is -0.443 e. The molecule has 0 aliphatic carbocycles. The SMILES string of the molecule is CC(C)(C)OC(=O)N(N)C1CCNCC1.